The lowest BCUT2D eigenvalue weighted by Gasteiger charge is -2.32. The van der Waals surface area contributed by atoms with Crippen LogP contribution in [0.2, 0.25) is 5.02 Å². The van der Waals surface area contributed by atoms with Crippen molar-refractivity contribution in [2.75, 3.05) is 18.0 Å². The summed E-state index contributed by atoms with van der Waals surface area (Å²) in [6.45, 7) is 3.50. The zero-order chi connectivity index (χ0) is 13.4. The first-order chi connectivity index (χ1) is 9.16. The highest BCUT2D eigenvalue weighted by Gasteiger charge is 2.25. The third kappa shape index (κ3) is 2.19. The Balaban J connectivity index is 2.06. The number of carbonyl (C=O) groups is 1. The number of piperidine rings is 1. The monoisotopic (exact) mass is 274 g/mol. The highest BCUT2D eigenvalue weighted by atomic mass is 35.5. The third-order valence-corrected chi connectivity index (χ3v) is 4.04. The first kappa shape index (κ1) is 12.4. The number of rotatable bonds is 1. The molecule has 0 aliphatic carbocycles. The van der Waals surface area contributed by atoms with Crippen LogP contribution in [0.1, 0.15) is 13.3 Å². The van der Waals surface area contributed by atoms with Gasteiger partial charge >= 0.3 is 0 Å². The number of carbonyl (C=O) groups excluding carboxylic acids is 1. The quantitative estimate of drug-likeness (QED) is 0.800. The smallest absolute Gasteiger partial charge is 0.139 e. The van der Waals surface area contributed by atoms with E-state index in [0.29, 0.717) is 17.2 Å². The fourth-order valence-corrected chi connectivity index (χ4v) is 2.83. The number of halogens is 1. The van der Waals surface area contributed by atoms with Gasteiger partial charge in [0.1, 0.15) is 5.78 Å². The lowest BCUT2D eigenvalue weighted by Crippen LogP contribution is -2.39. The number of Topliss-reactive ketones (excluding diaryl/α,β-unsaturated/α-hetero) is 1. The molecule has 1 fully saturated rings. The Kier molecular flexibility index (Phi) is 3.15. The van der Waals surface area contributed by atoms with Crippen molar-refractivity contribution in [3.8, 4) is 0 Å². The van der Waals surface area contributed by atoms with Crippen molar-refractivity contribution < 1.29 is 4.79 Å². The largest absolute Gasteiger partial charge is 0.369 e. The zero-order valence-corrected chi connectivity index (χ0v) is 11.5. The molecule has 1 atom stereocenters. The second-order valence-corrected chi connectivity index (χ2v) is 5.44. The van der Waals surface area contributed by atoms with Crippen molar-refractivity contribution >= 4 is 34.0 Å². The lowest BCUT2D eigenvalue weighted by molar-refractivity contribution is -0.122. The van der Waals surface area contributed by atoms with Crippen LogP contribution in [0.5, 0.6) is 0 Å². The van der Waals surface area contributed by atoms with Gasteiger partial charge in [0.05, 0.1) is 16.2 Å². The van der Waals surface area contributed by atoms with E-state index >= 15 is 0 Å². The molecular formula is C15H15ClN2O. The van der Waals surface area contributed by atoms with Crippen LogP contribution >= 0.6 is 11.6 Å². The predicted molar refractivity (Wildman–Crippen MR) is 77.8 cm³/mol. The minimum absolute atomic E-state index is 0.0863. The molecule has 1 aliphatic rings. The van der Waals surface area contributed by atoms with E-state index in [1.54, 1.807) is 6.20 Å². The average Bonchev–Trinajstić information content (AvgIpc) is 2.43. The maximum Gasteiger partial charge on any atom is 0.139 e. The van der Waals surface area contributed by atoms with Crippen molar-refractivity contribution in [1.82, 2.24) is 4.98 Å². The number of hydrogen-bond donors (Lipinski definition) is 0. The number of pyridine rings is 1. The third-order valence-electron chi connectivity index (χ3n) is 3.71. The molecule has 2 heterocycles. The van der Waals surface area contributed by atoms with E-state index in [1.165, 1.54) is 0 Å². The van der Waals surface area contributed by atoms with E-state index in [-0.39, 0.29) is 5.92 Å². The maximum absolute atomic E-state index is 11.6. The Morgan fingerprint density at radius 1 is 1.37 bits per heavy atom. The number of hydrogen-bond acceptors (Lipinski definition) is 3. The molecule has 3 nitrogen and oxygen atoms in total. The van der Waals surface area contributed by atoms with Gasteiger partial charge in [-0.1, -0.05) is 18.5 Å². The van der Waals surface area contributed by atoms with Gasteiger partial charge in [0.25, 0.3) is 0 Å². The number of anilines is 1. The Hall–Kier alpha value is -1.61. The van der Waals surface area contributed by atoms with Crippen molar-refractivity contribution in [2.45, 2.75) is 13.3 Å². The van der Waals surface area contributed by atoms with E-state index in [4.69, 9.17) is 11.6 Å². The van der Waals surface area contributed by atoms with Crippen LogP contribution < -0.4 is 4.90 Å². The summed E-state index contributed by atoms with van der Waals surface area (Å²) in [4.78, 5) is 18.3. The Labute approximate surface area is 117 Å². The topological polar surface area (TPSA) is 33.2 Å². The predicted octanol–water partition coefficient (Wildman–Crippen LogP) is 3.30. The molecule has 0 bridgehead atoms. The minimum Gasteiger partial charge on any atom is -0.369 e. The summed E-state index contributed by atoms with van der Waals surface area (Å²) >= 11 is 6.21. The Bertz CT molecular complexity index is 641. The van der Waals surface area contributed by atoms with Gasteiger partial charge in [-0.3, -0.25) is 9.78 Å². The normalized spacial score (nSPS) is 20.0. The highest BCUT2D eigenvalue weighted by molar-refractivity contribution is 6.35. The van der Waals surface area contributed by atoms with Crippen LogP contribution in [0.15, 0.2) is 30.5 Å². The van der Waals surface area contributed by atoms with Crippen LogP contribution in [-0.2, 0) is 4.79 Å². The number of nitrogens with zero attached hydrogens (tertiary/aromatic N) is 2. The Morgan fingerprint density at radius 3 is 3.00 bits per heavy atom. The highest BCUT2D eigenvalue weighted by Crippen LogP contribution is 2.32. The van der Waals surface area contributed by atoms with Gasteiger partial charge in [0.15, 0.2) is 0 Å². The van der Waals surface area contributed by atoms with Gasteiger partial charge in [-0.05, 0) is 24.3 Å². The molecule has 1 saturated heterocycles. The fraction of sp³-hybridized carbons (Fsp3) is 0.333. The molecule has 1 aromatic carbocycles. The van der Waals surface area contributed by atoms with Crippen molar-refractivity contribution in [3.63, 3.8) is 0 Å². The number of aromatic nitrogens is 1. The zero-order valence-electron chi connectivity index (χ0n) is 10.8. The molecule has 1 unspecified atom stereocenters. The van der Waals surface area contributed by atoms with E-state index in [9.17, 15) is 4.79 Å². The summed E-state index contributed by atoms with van der Waals surface area (Å²) in [5.74, 6) is 0.436. The SMILES string of the molecule is CC1CN(c2ccc(Cl)c3cccnc23)CCC1=O. The minimum atomic E-state index is 0.0863. The summed E-state index contributed by atoms with van der Waals surface area (Å²) < 4.78 is 0. The molecule has 4 heteroatoms. The molecule has 0 amide bonds. The van der Waals surface area contributed by atoms with Gasteiger partial charge in [-0.2, -0.15) is 0 Å². The van der Waals surface area contributed by atoms with Gasteiger partial charge in [-0.15, -0.1) is 0 Å². The molecule has 2 aromatic rings. The van der Waals surface area contributed by atoms with E-state index < -0.39 is 0 Å². The Morgan fingerprint density at radius 2 is 2.21 bits per heavy atom. The summed E-state index contributed by atoms with van der Waals surface area (Å²) in [7, 11) is 0. The summed E-state index contributed by atoms with van der Waals surface area (Å²) in [5, 5.41) is 1.68. The molecule has 0 spiro atoms. The van der Waals surface area contributed by atoms with E-state index in [1.807, 2.05) is 31.2 Å². The van der Waals surface area contributed by atoms with Gasteiger partial charge in [0, 0.05) is 37.0 Å². The van der Waals surface area contributed by atoms with Crippen LogP contribution in [0, 0.1) is 5.92 Å². The average molecular weight is 275 g/mol. The molecule has 0 saturated carbocycles. The number of fused-ring (bicyclic) bond motifs is 1. The van der Waals surface area contributed by atoms with Crippen molar-refractivity contribution in [2.24, 2.45) is 5.92 Å². The standard InChI is InChI=1S/C15H15ClN2O/c1-10-9-18(8-6-14(10)19)13-5-4-12(16)11-3-2-7-17-15(11)13/h2-5,7,10H,6,8-9H2,1H3. The first-order valence-corrected chi connectivity index (χ1v) is 6.85. The summed E-state index contributed by atoms with van der Waals surface area (Å²) in [5.41, 5.74) is 1.98. The molecule has 3 rings (SSSR count). The second kappa shape index (κ2) is 4.82. The van der Waals surface area contributed by atoms with E-state index in [2.05, 4.69) is 9.88 Å². The van der Waals surface area contributed by atoms with Gasteiger partial charge in [-0.25, -0.2) is 0 Å². The molecule has 1 aliphatic heterocycles. The van der Waals surface area contributed by atoms with Crippen molar-refractivity contribution in [3.05, 3.63) is 35.5 Å². The van der Waals surface area contributed by atoms with Crippen LogP contribution in [-0.4, -0.2) is 23.9 Å². The second-order valence-electron chi connectivity index (χ2n) is 5.03. The summed E-state index contributed by atoms with van der Waals surface area (Å²) in [6, 6.07) is 7.77. The van der Waals surface area contributed by atoms with Gasteiger partial charge in [0.2, 0.25) is 0 Å². The fourth-order valence-electron chi connectivity index (χ4n) is 2.61. The van der Waals surface area contributed by atoms with Crippen LogP contribution in [0.4, 0.5) is 5.69 Å². The van der Waals surface area contributed by atoms with Crippen LogP contribution in [0.25, 0.3) is 10.9 Å². The maximum atomic E-state index is 11.6. The molecular weight excluding hydrogens is 260 g/mol. The van der Waals surface area contributed by atoms with E-state index in [0.717, 1.165) is 29.7 Å². The van der Waals surface area contributed by atoms with Crippen LogP contribution in [0.3, 0.4) is 0 Å². The molecule has 1 aromatic heterocycles. The molecule has 0 N–H and O–H groups in total. The van der Waals surface area contributed by atoms with Gasteiger partial charge < -0.3 is 4.90 Å². The molecule has 0 radical (unpaired) electrons. The lowest BCUT2D eigenvalue weighted by atomic mass is 9.98. The number of benzene rings is 1. The number of ketones is 1. The first-order valence-electron chi connectivity index (χ1n) is 6.47. The van der Waals surface area contributed by atoms with Crippen molar-refractivity contribution in [1.29, 1.82) is 0 Å². The molecule has 19 heavy (non-hydrogen) atoms. The summed E-state index contributed by atoms with van der Waals surface area (Å²) in [6.07, 6.45) is 2.39. The molecule has 98 valence electrons.